The first-order valence-electron chi connectivity index (χ1n) is 9.30. The lowest BCUT2D eigenvalue weighted by Gasteiger charge is -2.17. The Kier molecular flexibility index (Phi) is 7.21. The van der Waals surface area contributed by atoms with Gasteiger partial charge in [-0.25, -0.2) is 0 Å². The second-order valence-corrected chi connectivity index (χ2v) is 7.45. The molecule has 8 heteroatoms. The van der Waals surface area contributed by atoms with Gasteiger partial charge in [0.25, 0.3) is 5.91 Å². The molecular weight excluding hydrogens is 464 g/mol. The molecule has 0 fully saturated rings. The predicted molar refractivity (Wildman–Crippen MR) is 120 cm³/mol. The molecule has 0 saturated carbocycles. The fourth-order valence-electron chi connectivity index (χ4n) is 3.09. The fraction of sp³-hybridized carbons (Fsp3) is 0.217. The molecular formula is C23H21BrN2O5. The normalized spacial score (nSPS) is 11.3. The Morgan fingerprint density at radius 1 is 1.00 bits per heavy atom. The highest BCUT2D eigenvalue weighted by molar-refractivity contribution is 9.10. The molecule has 0 bridgehead atoms. The molecule has 0 spiro atoms. The first kappa shape index (κ1) is 22.2. The molecule has 1 atom stereocenters. The van der Waals surface area contributed by atoms with Gasteiger partial charge in [0, 0.05) is 4.47 Å². The minimum Gasteiger partial charge on any atom is -0.493 e. The SMILES string of the molecule is COc1cc(C(C#N)NC(=O)COc2ccc3cc(Br)ccc3c2)cc(OC)c1OC. The fourth-order valence-corrected chi connectivity index (χ4v) is 3.47. The van der Waals surface area contributed by atoms with E-state index in [-0.39, 0.29) is 6.61 Å². The van der Waals surface area contributed by atoms with Crippen LogP contribution in [0.3, 0.4) is 0 Å². The van der Waals surface area contributed by atoms with Crippen molar-refractivity contribution < 1.29 is 23.7 Å². The van der Waals surface area contributed by atoms with Crippen molar-refractivity contribution in [1.82, 2.24) is 5.32 Å². The van der Waals surface area contributed by atoms with Gasteiger partial charge < -0.3 is 24.3 Å². The van der Waals surface area contributed by atoms with E-state index in [4.69, 9.17) is 18.9 Å². The van der Waals surface area contributed by atoms with Gasteiger partial charge in [-0.3, -0.25) is 4.79 Å². The standard InChI is InChI=1S/C23H21BrN2O5/c1-28-20-10-16(11-21(29-2)23(20)30-3)19(12-25)26-22(27)13-31-18-7-5-14-8-17(24)6-4-15(14)9-18/h4-11,19H,13H2,1-3H3,(H,26,27). The van der Waals surface area contributed by atoms with E-state index in [1.807, 2.05) is 30.3 Å². The van der Waals surface area contributed by atoms with E-state index < -0.39 is 11.9 Å². The molecule has 0 aliphatic rings. The maximum absolute atomic E-state index is 12.4. The number of methoxy groups -OCH3 is 3. The summed E-state index contributed by atoms with van der Waals surface area (Å²) in [4.78, 5) is 12.4. The number of fused-ring (bicyclic) bond motifs is 1. The zero-order valence-electron chi connectivity index (χ0n) is 17.3. The maximum atomic E-state index is 12.4. The molecule has 0 aliphatic heterocycles. The summed E-state index contributed by atoms with van der Waals surface area (Å²) in [6.07, 6.45) is 0. The minimum absolute atomic E-state index is 0.232. The molecule has 1 unspecified atom stereocenters. The highest BCUT2D eigenvalue weighted by Crippen LogP contribution is 2.39. The highest BCUT2D eigenvalue weighted by atomic mass is 79.9. The third-order valence-corrected chi connectivity index (χ3v) is 5.09. The zero-order chi connectivity index (χ0) is 22.4. The summed E-state index contributed by atoms with van der Waals surface area (Å²) in [7, 11) is 4.46. The number of carbonyl (C=O) groups is 1. The Bertz CT molecular complexity index is 1120. The highest BCUT2D eigenvalue weighted by Gasteiger charge is 2.20. The van der Waals surface area contributed by atoms with Gasteiger partial charge in [-0.2, -0.15) is 5.26 Å². The quantitative estimate of drug-likeness (QED) is 0.509. The molecule has 1 N–H and O–H groups in total. The second-order valence-electron chi connectivity index (χ2n) is 6.53. The molecule has 7 nitrogen and oxygen atoms in total. The van der Waals surface area contributed by atoms with E-state index in [2.05, 4.69) is 27.3 Å². The predicted octanol–water partition coefficient (Wildman–Crippen LogP) is 4.39. The first-order valence-corrected chi connectivity index (χ1v) is 10.1. The molecule has 3 aromatic carbocycles. The number of hydrogen-bond donors (Lipinski definition) is 1. The van der Waals surface area contributed by atoms with Gasteiger partial charge in [-0.15, -0.1) is 0 Å². The smallest absolute Gasteiger partial charge is 0.259 e. The largest absolute Gasteiger partial charge is 0.493 e. The number of nitrogens with zero attached hydrogens (tertiary/aromatic N) is 1. The van der Waals surface area contributed by atoms with Crippen LogP contribution in [0.15, 0.2) is 53.0 Å². The lowest BCUT2D eigenvalue weighted by atomic mass is 10.1. The number of hydrogen-bond acceptors (Lipinski definition) is 6. The van der Waals surface area contributed by atoms with Gasteiger partial charge in [0.2, 0.25) is 5.75 Å². The van der Waals surface area contributed by atoms with Crippen molar-refractivity contribution in [2.75, 3.05) is 27.9 Å². The van der Waals surface area contributed by atoms with E-state index in [0.29, 0.717) is 28.6 Å². The Morgan fingerprint density at radius 3 is 2.26 bits per heavy atom. The van der Waals surface area contributed by atoms with Gasteiger partial charge >= 0.3 is 0 Å². The summed E-state index contributed by atoms with van der Waals surface area (Å²) in [5.41, 5.74) is 0.502. The van der Waals surface area contributed by atoms with Crippen LogP contribution in [-0.2, 0) is 4.79 Å². The number of ether oxygens (including phenoxy) is 4. The summed E-state index contributed by atoms with van der Waals surface area (Å²) < 4.78 is 22.5. The lowest BCUT2D eigenvalue weighted by Crippen LogP contribution is -2.32. The van der Waals surface area contributed by atoms with E-state index in [1.54, 1.807) is 18.2 Å². The van der Waals surface area contributed by atoms with Crippen molar-refractivity contribution in [3.63, 3.8) is 0 Å². The van der Waals surface area contributed by atoms with Crippen LogP contribution in [0.25, 0.3) is 10.8 Å². The minimum atomic E-state index is -0.918. The second kappa shape index (κ2) is 10.0. The van der Waals surface area contributed by atoms with Crippen LogP contribution in [0.5, 0.6) is 23.0 Å². The Hall–Kier alpha value is -3.44. The van der Waals surface area contributed by atoms with E-state index >= 15 is 0 Å². The van der Waals surface area contributed by atoms with Crippen LogP contribution in [0.2, 0.25) is 0 Å². The van der Waals surface area contributed by atoms with Crippen LogP contribution in [0.1, 0.15) is 11.6 Å². The van der Waals surface area contributed by atoms with Gasteiger partial charge in [0.15, 0.2) is 18.1 Å². The zero-order valence-corrected chi connectivity index (χ0v) is 18.9. The van der Waals surface area contributed by atoms with Gasteiger partial charge in [-0.05, 0) is 52.7 Å². The van der Waals surface area contributed by atoms with Crippen LogP contribution in [0, 0.1) is 11.3 Å². The van der Waals surface area contributed by atoms with Crippen LogP contribution < -0.4 is 24.3 Å². The third kappa shape index (κ3) is 5.19. The summed E-state index contributed by atoms with van der Waals surface area (Å²) in [6.45, 7) is -0.232. The first-order chi connectivity index (χ1) is 15.0. The number of halogens is 1. The molecule has 0 radical (unpaired) electrons. The average Bonchev–Trinajstić information content (AvgIpc) is 2.79. The number of carbonyl (C=O) groups excluding carboxylic acids is 1. The summed E-state index contributed by atoms with van der Waals surface area (Å²) in [6, 6.07) is 15.9. The number of nitrogens with one attached hydrogen (secondary N) is 1. The van der Waals surface area contributed by atoms with Crippen molar-refractivity contribution in [2.45, 2.75) is 6.04 Å². The number of rotatable bonds is 8. The third-order valence-electron chi connectivity index (χ3n) is 4.60. The summed E-state index contributed by atoms with van der Waals surface area (Å²) in [5, 5.41) is 14.3. The van der Waals surface area contributed by atoms with E-state index in [1.165, 1.54) is 21.3 Å². The molecule has 0 saturated heterocycles. The average molecular weight is 485 g/mol. The molecule has 3 aromatic rings. The van der Waals surface area contributed by atoms with Crippen molar-refractivity contribution in [2.24, 2.45) is 0 Å². The van der Waals surface area contributed by atoms with Crippen molar-refractivity contribution >= 4 is 32.6 Å². The van der Waals surface area contributed by atoms with Crippen LogP contribution >= 0.6 is 15.9 Å². The van der Waals surface area contributed by atoms with Crippen molar-refractivity contribution in [1.29, 1.82) is 5.26 Å². The molecule has 160 valence electrons. The van der Waals surface area contributed by atoms with Gasteiger partial charge in [0.1, 0.15) is 11.8 Å². The molecule has 0 heterocycles. The lowest BCUT2D eigenvalue weighted by molar-refractivity contribution is -0.123. The van der Waals surface area contributed by atoms with E-state index in [9.17, 15) is 10.1 Å². The molecule has 3 rings (SSSR count). The van der Waals surface area contributed by atoms with E-state index in [0.717, 1.165) is 15.2 Å². The van der Waals surface area contributed by atoms with Gasteiger partial charge in [-0.1, -0.05) is 28.1 Å². The van der Waals surface area contributed by atoms with Crippen molar-refractivity contribution in [3.8, 4) is 29.1 Å². The van der Waals surface area contributed by atoms with Crippen molar-refractivity contribution in [3.05, 3.63) is 58.6 Å². The summed E-state index contributed by atoms with van der Waals surface area (Å²) in [5.74, 6) is 1.32. The molecule has 0 aromatic heterocycles. The topological polar surface area (TPSA) is 89.8 Å². The maximum Gasteiger partial charge on any atom is 0.259 e. The molecule has 31 heavy (non-hydrogen) atoms. The summed E-state index contributed by atoms with van der Waals surface area (Å²) >= 11 is 3.44. The monoisotopic (exact) mass is 484 g/mol. The number of amides is 1. The Morgan fingerprint density at radius 2 is 1.65 bits per heavy atom. The number of nitriles is 1. The molecule has 1 amide bonds. The number of benzene rings is 3. The van der Waals surface area contributed by atoms with Crippen LogP contribution in [0.4, 0.5) is 0 Å². The molecule has 0 aliphatic carbocycles. The van der Waals surface area contributed by atoms with Gasteiger partial charge in [0.05, 0.1) is 27.4 Å². The van der Waals surface area contributed by atoms with Crippen LogP contribution in [-0.4, -0.2) is 33.8 Å². The Balaban J connectivity index is 1.70. The Labute approximate surface area is 188 Å².